The monoisotopic (exact) mass is 526 g/mol. The van der Waals surface area contributed by atoms with Crippen LogP contribution in [0.3, 0.4) is 0 Å². The molecule has 184 valence electrons. The van der Waals surface area contributed by atoms with E-state index >= 15 is 0 Å². The second-order valence-corrected chi connectivity index (χ2v) is 10.7. The van der Waals surface area contributed by atoms with Gasteiger partial charge in [0.2, 0.25) is 0 Å². The van der Waals surface area contributed by atoms with Crippen molar-refractivity contribution in [1.82, 2.24) is 19.0 Å². The summed E-state index contributed by atoms with van der Waals surface area (Å²) >= 11 is 8.58. The number of aryl methyl sites for hydroxylation is 1. The zero-order valence-electron chi connectivity index (χ0n) is 20.5. The van der Waals surface area contributed by atoms with Crippen molar-refractivity contribution in [3.8, 4) is 11.4 Å². The van der Waals surface area contributed by atoms with E-state index in [1.165, 1.54) is 22.5 Å². The van der Waals surface area contributed by atoms with Gasteiger partial charge in [-0.15, -0.1) is 0 Å². The summed E-state index contributed by atoms with van der Waals surface area (Å²) in [5, 5.41) is 0.625. The van der Waals surface area contributed by atoms with Crippen molar-refractivity contribution in [1.29, 1.82) is 0 Å². The molecular weight excluding hydrogens is 497 g/mol. The topological polar surface area (TPSA) is 52.3 Å². The summed E-state index contributed by atoms with van der Waals surface area (Å²) in [6.45, 7) is 9.90. The molecule has 0 saturated carbocycles. The number of ether oxygens (including phenoxy) is 1. The van der Waals surface area contributed by atoms with E-state index in [0.29, 0.717) is 43.2 Å². The van der Waals surface area contributed by atoms with Crippen molar-refractivity contribution in [2.24, 2.45) is 0 Å². The van der Waals surface area contributed by atoms with Crippen LogP contribution in [0.25, 0.3) is 16.0 Å². The number of fused-ring (bicyclic) bond motifs is 1. The van der Waals surface area contributed by atoms with Gasteiger partial charge in [0.25, 0.3) is 5.56 Å². The molecular formula is C26H30N4O2S3. The van der Waals surface area contributed by atoms with Crippen molar-refractivity contribution in [2.45, 2.75) is 38.2 Å². The normalized spacial score (nSPS) is 11.5. The van der Waals surface area contributed by atoms with Crippen LogP contribution in [0, 0.1) is 10.9 Å². The predicted octanol–water partition coefficient (Wildman–Crippen LogP) is 5.93. The van der Waals surface area contributed by atoms with Gasteiger partial charge in [-0.05, 0) is 55.5 Å². The number of likely N-dealkylation sites (N-methyl/N-ethyl adjacent to an activating group) is 1. The van der Waals surface area contributed by atoms with E-state index in [1.807, 2.05) is 41.0 Å². The highest BCUT2D eigenvalue weighted by molar-refractivity contribution is 7.98. The van der Waals surface area contributed by atoms with Crippen LogP contribution in [0.5, 0.6) is 5.75 Å². The van der Waals surface area contributed by atoms with Crippen LogP contribution in [-0.4, -0.2) is 45.8 Å². The van der Waals surface area contributed by atoms with E-state index in [4.69, 9.17) is 21.9 Å². The Labute approximate surface area is 219 Å². The van der Waals surface area contributed by atoms with Gasteiger partial charge in [-0.2, -0.15) is 0 Å². The largest absolute Gasteiger partial charge is 0.495 e. The molecule has 6 nitrogen and oxygen atoms in total. The molecule has 2 aromatic carbocycles. The second-order valence-electron chi connectivity index (χ2n) is 8.12. The average Bonchev–Trinajstić information content (AvgIpc) is 3.19. The highest BCUT2D eigenvalue weighted by atomic mass is 32.2. The van der Waals surface area contributed by atoms with Crippen molar-refractivity contribution < 1.29 is 4.74 Å². The molecule has 0 aliphatic heterocycles. The fourth-order valence-electron chi connectivity index (χ4n) is 3.99. The molecule has 9 heteroatoms. The van der Waals surface area contributed by atoms with Gasteiger partial charge in [0.1, 0.15) is 10.4 Å². The fourth-order valence-corrected chi connectivity index (χ4v) is 6.38. The first-order valence-electron chi connectivity index (χ1n) is 11.7. The molecule has 0 unspecified atom stereocenters. The number of para-hydroxylation sites is 2. The zero-order valence-corrected chi connectivity index (χ0v) is 22.9. The van der Waals surface area contributed by atoms with E-state index in [-0.39, 0.29) is 5.56 Å². The number of thioether (sulfide) groups is 1. The van der Waals surface area contributed by atoms with E-state index in [2.05, 4.69) is 37.8 Å². The molecule has 35 heavy (non-hydrogen) atoms. The molecule has 0 amide bonds. The molecule has 2 heterocycles. The first-order valence-corrected chi connectivity index (χ1v) is 13.9. The average molecular weight is 527 g/mol. The number of nitrogens with zero attached hydrogens (tertiary/aromatic N) is 4. The van der Waals surface area contributed by atoms with Crippen LogP contribution in [0.4, 0.5) is 0 Å². The summed E-state index contributed by atoms with van der Waals surface area (Å²) in [7, 11) is 1.61. The first-order chi connectivity index (χ1) is 17.0. The van der Waals surface area contributed by atoms with Crippen molar-refractivity contribution in [3.63, 3.8) is 0 Å². The fraction of sp³-hybridized carbons (Fsp3) is 0.346. The highest BCUT2D eigenvalue weighted by Gasteiger charge is 2.20. The number of thiazole rings is 1. The minimum absolute atomic E-state index is 0.121. The molecule has 2 aromatic heterocycles. The van der Waals surface area contributed by atoms with Gasteiger partial charge in [0, 0.05) is 18.8 Å². The van der Waals surface area contributed by atoms with Crippen LogP contribution in [0.2, 0.25) is 0 Å². The lowest BCUT2D eigenvalue weighted by Gasteiger charge is -2.18. The number of benzene rings is 2. The Morgan fingerprint density at radius 3 is 2.54 bits per heavy atom. The number of hydrogen-bond donors (Lipinski definition) is 0. The summed E-state index contributed by atoms with van der Waals surface area (Å²) in [6.07, 6.45) is 0. The Bertz CT molecular complexity index is 1440. The van der Waals surface area contributed by atoms with Crippen LogP contribution in [-0.2, 0) is 12.3 Å². The van der Waals surface area contributed by atoms with Crippen molar-refractivity contribution in [2.75, 3.05) is 26.7 Å². The molecule has 4 aromatic rings. The Morgan fingerprint density at radius 2 is 1.83 bits per heavy atom. The van der Waals surface area contributed by atoms with Crippen LogP contribution in [0.15, 0.2) is 58.5 Å². The van der Waals surface area contributed by atoms with Gasteiger partial charge in [-0.3, -0.25) is 9.36 Å². The Kier molecular flexibility index (Phi) is 8.43. The third-order valence-electron chi connectivity index (χ3n) is 6.14. The smallest absolute Gasteiger partial charge is 0.278 e. The van der Waals surface area contributed by atoms with Crippen molar-refractivity contribution >= 4 is 45.7 Å². The first kappa shape index (κ1) is 25.6. The lowest BCUT2D eigenvalue weighted by molar-refractivity contribution is 0.291. The van der Waals surface area contributed by atoms with Crippen LogP contribution in [0.1, 0.15) is 25.0 Å². The molecule has 0 aliphatic rings. The summed E-state index contributed by atoms with van der Waals surface area (Å²) in [4.78, 5) is 21.3. The Balaban J connectivity index is 1.87. The predicted molar refractivity (Wildman–Crippen MR) is 149 cm³/mol. The van der Waals surface area contributed by atoms with Crippen LogP contribution < -0.4 is 10.3 Å². The van der Waals surface area contributed by atoms with Gasteiger partial charge in [0.15, 0.2) is 14.8 Å². The number of methoxy groups -OCH3 is 1. The maximum absolute atomic E-state index is 13.9. The highest BCUT2D eigenvalue weighted by Crippen LogP contribution is 2.30. The minimum atomic E-state index is -0.121. The minimum Gasteiger partial charge on any atom is -0.495 e. The summed E-state index contributed by atoms with van der Waals surface area (Å²) in [5.74, 6) is 1.32. The van der Waals surface area contributed by atoms with Crippen LogP contribution >= 0.6 is 35.3 Å². The van der Waals surface area contributed by atoms with Gasteiger partial charge in [-0.25, -0.2) is 4.98 Å². The maximum Gasteiger partial charge on any atom is 0.278 e. The molecule has 4 rings (SSSR count). The quantitative estimate of drug-likeness (QED) is 0.145. The lowest BCUT2D eigenvalue weighted by atomic mass is 10.1. The molecule has 0 atom stereocenters. The third-order valence-corrected chi connectivity index (χ3v) is 8.55. The molecule has 0 radical (unpaired) electrons. The van der Waals surface area contributed by atoms with E-state index in [0.717, 1.165) is 19.6 Å². The Morgan fingerprint density at radius 1 is 1.11 bits per heavy atom. The van der Waals surface area contributed by atoms with Crippen molar-refractivity contribution in [3.05, 3.63) is 74.0 Å². The van der Waals surface area contributed by atoms with Gasteiger partial charge >= 0.3 is 0 Å². The summed E-state index contributed by atoms with van der Waals surface area (Å²) in [5.41, 5.74) is 3.64. The molecule has 0 bridgehead atoms. The molecule has 0 aliphatic carbocycles. The van der Waals surface area contributed by atoms with E-state index in [1.54, 1.807) is 23.4 Å². The SMILES string of the molecule is CCN(CC)CCn1c(=S)sc2c(=O)n(-c3ccccc3OC)c(SCc3ccccc3C)nc21. The number of hydrogen-bond acceptors (Lipinski definition) is 7. The molecule has 0 N–H and O–H groups in total. The molecule has 0 fully saturated rings. The number of rotatable bonds is 10. The lowest BCUT2D eigenvalue weighted by Crippen LogP contribution is -2.27. The zero-order chi connectivity index (χ0) is 24.9. The third kappa shape index (κ3) is 5.38. The van der Waals surface area contributed by atoms with E-state index in [9.17, 15) is 4.79 Å². The Hall–Kier alpha value is -2.46. The summed E-state index contributed by atoms with van der Waals surface area (Å²) < 4.78 is 10.5. The molecule has 0 saturated heterocycles. The number of aromatic nitrogens is 3. The van der Waals surface area contributed by atoms with Gasteiger partial charge < -0.3 is 14.2 Å². The summed E-state index contributed by atoms with van der Waals surface area (Å²) in [6, 6.07) is 15.8. The van der Waals surface area contributed by atoms with Gasteiger partial charge in [-0.1, -0.05) is 73.3 Å². The standard InChI is InChI=1S/C26H30N4O2S3/c1-5-28(6-2)15-16-29-23-22(35-26(29)33)24(31)30(20-13-9-10-14-21(20)32-4)25(27-23)34-17-19-12-8-7-11-18(19)3/h7-14H,5-6,15-17H2,1-4H3. The second kappa shape index (κ2) is 11.5. The van der Waals surface area contributed by atoms with Gasteiger partial charge in [0.05, 0.1) is 12.8 Å². The molecule has 0 spiro atoms. The maximum atomic E-state index is 13.9. The van der Waals surface area contributed by atoms with E-state index < -0.39 is 0 Å².